The number of rotatable bonds is 38. The molecule has 0 radical (unpaired) electrons. The number of carbonyl (C=O) groups excluding carboxylic acids is 1. The number of carbonyl (C=O) groups is 1. The van der Waals surface area contributed by atoms with E-state index in [9.17, 15) is 38.2 Å². The van der Waals surface area contributed by atoms with E-state index in [1.165, 1.54) is 57.8 Å². The lowest BCUT2D eigenvalue weighted by Crippen LogP contribution is -2.52. The molecule has 0 aromatic carbocycles. The number of aliphatic hydroxyl groups is 5. The number of unbranched alkanes of at least 4 members (excludes halogenated alkanes) is 12. The summed E-state index contributed by atoms with van der Waals surface area (Å²) in [5.74, 6) is -0.341. The van der Waals surface area contributed by atoms with Crippen molar-refractivity contribution < 1.29 is 52.2 Å². The maximum atomic E-state index is 12.4. The fraction of sp³-hybridized carbons (Fsp3) is 0.925. The van der Waals surface area contributed by atoms with Crippen molar-refractivity contribution in [2.45, 2.75) is 219 Å². The summed E-state index contributed by atoms with van der Waals surface area (Å²) >= 11 is 69.8. The number of aliphatic hydroxyl groups excluding tert-OH is 5. The number of hydrogen-bond acceptors (Lipinski definition) is 11. The highest BCUT2D eigenvalue weighted by atomic mass is 35.5. The van der Waals surface area contributed by atoms with Crippen molar-refractivity contribution in [2.75, 3.05) is 6.61 Å². The molecule has 0 fully saturated rings. The summed E-state index contributed by atoms with van der Waals surface area (Å²) in [6.07, 6.45) is 9.04. The van der Waals surface area contributed by atoms with Gasteiger partial charge in [0.2, 0.25) is 10.4 Å². The summed E-state index contributed by atoms with van der Waals surface area (Å²) in [4.78, 5) is 12.4. The molecule has 0 rings (SSSR count). The summed E-state index contributed by atoms with van der Waals surface area (Å²) in [5.41, 5.74) is 0. The van der Waals surface area contributed by atoms with Gasteiger partial charge in [0.05, 0.1) is 79.4 Å². The van der Waals surface area contributed by atoms with Gasteiger partial charge in [0.1, 0.15) is 16.5 Å². The minimum absolute atomic E-state index is 0.0249. The van der Waals surface area contributed by atoms with Gasteiger partial charge in [-0.15, -0.1) is 104 Å². The second-order valence-corrected chi connectivity index (χ2v) is 23.1. The van der Waals surface area contributed by atoms with Crippen LogP contribution < -0.4 is 0 Å². The predicted molar refractivity (Wildman–Crippen MR) is 260 cm³/mol. The van der Waals surface area contributed by atoms with Crippen LogP contribution in [0.25, 0.3) is 0 Å². The number of allylic oxidation sites excluding steroid dienone is 1. The summed E-state index contributed by atoms with van der Waals surface area (Å²) in [6, 6.07) is 0. The van der Waals surface area contributed by atoms with Crippen molar-refractivity contribution in [3.8, 4) is 0 Å². The van der Waals surface area contributed by atoms with Crippen molar-refractivity contribution in [2.24, 2.45) is 0 Å². The molecule has 0 spiro atoms. The zero-order valence-electron chi connectivity index (χ0n) is 35.5. The summed E-state index contributed by atoms with van der Waals surface area (Å²) in [7, 11) is -5.36. The topological polar surface area (TPSA) is 194 Å². The monoisotopic (exact) mass is 1140 g/mol. The van der Waals surface area contributed by atoms with E-state index in [4.69, 9.17) is 137 Å². The molecule has 15 atom stereocenters. The van der Waals surface area contributed by atoms with Gasteiger partial charge in [-0.2, -0.15) is 0 Å². The van der Waals surface area contributed by atoms with E-state index in [-0.39, 0.29) is 25.2 Å². The molecular weight excluding hydrogens is 1080 g/mol. The Morgan fingerprint density at radius 3 is 1.63 bits per heavy atom. The van der Waals surface area contributed by atoms with E-state index in [0.717, 1.165) is 25.7 Å². The van der Waals surface area contributed by atoms with E-state index < -0.39 is 113 Å². The molecule has 0 bridgehead atoms. The minimum Gasteiger partial charge on any atom is -0.726 e. The summed E-state index contributed by atoms with van der Waals surface area (Å²) in [5, 5.41) is 38.7. The van der Waals surface area contributed by atoms with Gasteiger partial charge in [-0.05, 0) is 45.1 Å². The minimum atomic E-state index is -5.36. The lowest BCUT2D eigenvalue weighted by Gasteiger charge is -2.36. The fourth-order valence-corrected chi connectivity index (χ4v) is 10.4. The zero-order chi connectivity index (χ0) is 48.5. The van der Waals surface area contributed by atoms with Crippen LogP contribution in [0.4, 0.5) is 0 Å². The second-order valence-electron chi connectivity index (χ2n) is 15.8. The third kappa shape index (κ3) is 27.9. The van der Waals surface area contributed by atoms with Crippen LogP contribution in [0.2, 0.25) is 0 Å². The molecule has 376 valence electrons. The van der Waals surface area contributed by atoms with E-state index in [2.05, 4.69) is 11.1 Å². The van der Waals surface area contributed by atoms with Gasteiger partial charge in [0, 0.05) is 6.42 Å². The summed E-state index contributed by atoms with van der Waals surface area (Å²) < 4.78 is 43.1. The van der Waals surface area contributed by atoms with Gasteiger partial charge in [0.15, 0.2) is 0 Å². The van der Waals surface area contributed by atoms with Gasteiger partial charge in [-0.3, -0.25) is 8.98 Å². The molecule has 5 N–H and O–H groups in total. The van der Waals surface area contributed by atoms with Crippen LogP contribution in [-0.4, -0.2) is 140 Å². The standard InChI is InChI=1S/C40H67Cl11O11S/c1-3-4-5-6-7-8-9-10-11-12-13-14-15-19-30(54)61-24(2)17-16-18-26(42)31(44)29(62-63(58,59)60)22-27(43)32(45)37(55)34(47)33(46)35(48)38(56)36(49)39(57)40(50,51)21-20-25(41)28(53)23-52/h16-17,24-29,31-39,52-53,55-57H,3-15,18-23H2,1-2H3,(H,58,59,60)/p-1/b17-16+/t24-,25-,26+,27-,28-,29-,31-,32-,33+,34+,35-,36-,37+,38-,39+/m0/s1. The molecule has 0 saturated carbocycles. The highest BCUT2D eigenvalue weighted by Gasteiger charge is 2.47. The molecule has 63 heavy (non-hydrogen) atoms. The van der Waals surface area contributed by atoms with E-state index in [1.54, 1.807) is 19.1 Å². The second kappa shape index (κ2) is 35.2. The molecule has 0 aliphatic rings. The number of hydrogen-bond donors (Lipinski definition) is 5. The van der Waals surface area contributed by atoms with Crippen molar-refractivity contribution in [3.05, 3.63) is 12.2 Å². The molecule has 0 heterocycles. The van der Waals surface area contributed by atoms with Crippen LogP contribution in [0.3, 0.4) is 0 Å². The van der Waals surface area contributed by atoms with E-state index in [1.807, 2.05) is 0 Å². The highest BCUT2D eigenvalue weighted by Crippen LogP contribution is 2.39. The average Bonchev–Trinajstić information content (AvgIpc) is 3.23. The van der Waals surface area contributed by atoms with Crippen LogP contribution in [0.1, 0.15) is 129 Å². The van der Waals surface area contributed by atoms with Crippen LogP contribution in [0.15, 0.2) is 12.2 Å². The Morgan fingerprint density at radius 1 is 0.683 bits per heavy atom. The third-order valence-electron chi connectivity index (χ3n) is 10.3. The Labute approximate surface area is 430 Å². The number of alkyl halides is 11. The first-order chi connectivity index (χ1) is 29.3. The Morgan fingerprint density at radius 2 is 1.16 bits per heavy atom. The first-order valence-electron chi connectivity index (χ1n) is 21.3. The van der Waals surface area contributed by atoms with Crippen LogP contribution >= 0.6 is 128 Å². The maximum Gasteiger partial charge on any atom is 0.306 e. The van der Waals surface area contributed by atoms with Crippen molar-refractivity contribution in [3.63, 3.8) is 0 Å². The largest absolute Gasteiger partial charge is 0.726 e. The van der Waals surface area contributed by atoms with Gasteiger partial charge in [-0.1, -0.05) is 113 Å². The van der Waals surface area contributed by atoms with Gasteiger partial charge in [-0.25, -0.2) is 8.42 Å². The fourth-order valence-electron chi connectivity index (χ4n) is 6.40. The molecule has 0 saturated heterocycles. The first kappa shape index (κ1) is 65.1. The third-order valence-corrected chi connectivity index (χ3v) is 16.8. The van der Waals surface area contributed by atoms with Crippen LogP contribution in [0, 0.1) is 0 Å². The average molecular weight is 1150 g/mol. The normalized spacial score (nSPS) is 20.1. The Kier molecular flexibility index (Phi) is 36.4. The van der Waals surface area contributed by atoms with Crippen LogP contribution in [-0.2, 0) is 24.1 Å². The molecule has 0 amide bonds. The Bertz CT molecular complexity index is 1350. The Hall–Kier alpha value is 2.07. The molecule has 0 aliphatic heterocycles. The molecular formula is C40H66Cl11O11S-. The zero-order valence-corrected chi connectivity index (χ0v) is 44.6. The summed E-state index contributed by atoms with van der Waals surface area (Å²) in [6.45, 7) is 3.25. The lowest BCUT2D eigenvalue weighted by atomic mass is 9.96. The van der Waals surface area contributed by atoms with Crippen molar-refractivity contribution in [1.29, 1.82) is 0 Å². The quantitative estimate of drug-likeness (QED) is 0.00986. The molecule has 0 aromatic heterocycles. The van der Waals surface area contributed by atoms with Gasteiger partial charge >= 0.3 is 5.97 Å². The van der Waals surface area contributed by atoms with Crippen LogP contribution in [0.5, 0.6) is 0 Å². The number of esters is 1. The molecule has 0 aromatic rings. The number of halogens is 11. The Balaban J connectivity index is 5.14. The van der Waals surface area contributed by atoms with Crippen molar-refractivity contribution >= 4 is 144 Å². The molecule has 0 aliphatic carbocycles. The van der Waals surface area contributed by atoms with Gasteiger partial charge in [0.25, 0.3) is 0 Å². The van der Waals surface area contributed by atoms with Gasteiger partial charge < -0.3 is 34.8 Å². The highest BCUT2D eigenvalue weighted by molar-refractivity contribution is 7.80. The van der Waals surface area contributed by atoms with E-state index >= 15 is 0 Å². The lowest BCUT2D eigenvalue weighted by molar-refractivity contribution is -0.146. The smallest absolute Gasteiger partial charge is 0.306 e. The predicted octanol–water partition coefficient (Wildman–Crippen LogP) is 10.4. The van der Waals surface area contributed by atoms with Crippen molar-refractivity contribution in [1.82, 2.24) is 0 Å². The molecule has 0 unspecified atom stereocenters. The maximum absolute atomic E-state index is 12.4. The molecule has 11 nitrogen and oxygen atoms in total. The molecule has 23 heteroatoms. The first-order valence-corrected chi connectivity index (χ1v) is 27.3. The van der Waals surface area contributed by atoms with E-state index in [0.29, 0.717) is 6.42 Å². The SMILES string of the molecule is CCCCCCCCCCCCCCCC(=O)O[C@@H](C)/C=C/C[C@@H](Cl)[C@H](Cl)[C@H](C[C@H](Cl)[C@H](Cl)[C@@H](O)[C@H](Cl)[C@@H](Cl)[C@H](Cl)[C@H](O)[C@H](Cl)[C@@H](O)C(Cl)(Cl)CC[C@H](Cl)[C@@H](O)CO)OS(=O)(=O)[O-]. The number of ether oxygens (including phenoxy) is 1.